The minimum atomic E-state index is -1.12. The Morgan fingerprint density at radius 3 is 0.770 bits per heavy atom. The van der Waals surface area contributed by atoms with E-state index in [2.05, 4.69) is 123 Å². The lowest BCUT2D eigenvalue weighted by Gasteiger charge is -2.27. The maximum Gasteiger partial charge on any atom is 0.385 e. The van der Waals surface area contributed by atoms with E-state index < -0.39 is 138 Å². The largest absolute Gasteiger partial charge is 0.468 e. The van der Waals surface area contributed by atoms with Crippen LogP contribution in [0.25, 0.3) is 0 Å². The van der Waals surface area contributed by atoms with Crippen molar-refractivity contribution in [1.82, 2.24) is 19.6 Å². The number of esters is 9. The van der Waals surface area contributed by atoms with Gasteiger partial charge in [-0.2, -0.15) is 0 Å². The number of aliphatic hydroxyl groups is 11. The molecule has 0 bridgehead atoms. The second-order valence-corrected chi connectivity index (χ2v) is 30.0. The number of ether oxygens (including phenoxy) is 9. The van der Waals surface area contributed by atoms with Crippen LogP contribution in [-0.4, -0.2) is 359 Å². The molecule has 0 aromatic rings. The number of rotatable bonds is 54. The van der Waals surface area contributed by atoms with Crippen molar-refractivity contribution in [1.29, 1.82) is 0 Å². The summed E-state index contributed by atoms with van der Waals surface area (Å²) in [5.41, 5.74) is 21.9. The molecule has 0 saturated carbocycles. The van der Waals surface area contributed by atoms with Crippen molar-refractivity contribution in [3.63, 3.8) is 0 Å². The number of nitrogens with zero attached hydrogens (tertiary/aromatic N) is 4. The average Bonchev–Trinajstić information content (AvgIpc) is 0.912. The summed E-state index contributed by atoms with van der Waals surface area (Å²) in [5.74, 6) is 44.3. The van der Waals surface area contributed by atoms with Gasteiger partial charge in [-0.25, -0.2) is 4.79 Å². The molecule has 0 amide bonds. The molecule has 126 heavy (non-hydrogen) atoms. The molecule has 37 heteroatoms. The zero-order chi connectivity index (χ0) is 96.3. The Hall–Kier alpha value is -9.93. The second kappa shape index (κ2) is 77.4. The Morgan fingerprint density at radius 2 is 0.548 bits per heavy atom. The van der Waals surface area contributed by atoms with E-state index in [9.17, 15) is 84.0 Å². The molecule has 0 radical (unpaired) electrons. The molecule has 0 heterocycles. The van der Waals surface area contributed by atoms with E-state index in [1.54, 1.807) is 75.0 Å². The van der Waals surface area contributed by atoms with Crippen LogP contribution in [0.1, 0.15) is 189 Å². The maximum atomic E-state index is 12.1. The number of unbranched alkanes of at least 4 members (excludes halogenated alkanes) is 4. The first kappa shape index (κ1) is 122. The standard InChI is InChI=1S/C40H38N2O8.C18H36N2O7.C16H32N2O7.C15H30N2O7.20H2/c1-6-7-8-9-10-11-12-13-14-15-16-17-18-19-20-21-22-23-24-28-38(46)49-33-36(45)31-42(30-35(44)32-48-34(2)43)29-26-25-27-37(41)39(47)50-40(3,4)5;1-13(22)26-12-15(24)10-20(9-14(23)11-21)8-6-5-7-16(19)17(25)27-18(2,3)4;1-3-24-16(23)15(17)6-4-5-7-18(8-13(21)10-19)9-14(22)11-25-12(2)20;1-11(19)24-10-13(21)8-17(7-12(20)9-18)6-4-3-5-14(16)15(22)23-2;;;;;;;;;;;;;;;;;;;;/h35-37,44-45H,25-27,29-33,41H2,1-5H3;14-16,21,23-24H,5-12,19H2,1-4H3;13-15,19,21-22H,3-11,17H2,1-2H3;12-14,18,20-21H,3-10,16H2,1-2H3;20*1H. The number of aliphatic hydroxyl groups excluding tert-OH is 11. The number of carbonyl (C=O) groups is 9. The van der Waals surface area contributed by atoms with Gasteiger partial charge in [-0.1, -0.05) is 31.6 Å². The summed E-state index contributed by atoms with van der Waals surface area (Å²) in [6.07, 6.45) is -0.635. The molecule has 0 rings (SSSR count). The van der Waals surface area contributed by atoms with Crippen molar-refractivity contribution >= 4 is 53.7 Å². The Bertz CT molecular complexity index is 3930. The lowest BCUT2D eigenvalue weighted by Crippen LogP contribution is -2.42. The third-order valence-corrected chi connectivity index (χ3v) is 15.5. The Labute approximate surface area is 772 Å². The molecule has 12 unspecified atom stereocenters. The zero-order valence-electron chi connectivity index (χ0n) is 75.1. The van der Waals surface area contributed by atoms with Crippen molar-refractivity contribution in [2.24, 2.45) is 22.9 Å². The second-order valence-electron chi connectivity index (χ2n) is 30.0. The van der Waals surface area contributed by atoms with Crippen molar-refractivity contribution in [3.05, 3.63) is 0 Å². The maximum absolute atomic E-state index is 12.1. The molecule has 37 nitrogen and oxygen atoms in total. The van der Waals surface area contributed by atoms with Crippen molar-refractivity contribution in [2.75, 3.05) is 145 Å². The molecule has 0 saturated heterocycles. The van der Waals surface area contributed by atoms with Crippen LogP contribution in [0.2, 0.25) is 0 Å². The predicted molar refractivity (Wildman–Crippen MR) is 506 cm³/mol. The van der Waals surface area contributed by atoms with Gasteiger partial charge in [0.15, 0.2) is 0 Å². The molecule has 12 atom stereocenters. The number of carbonyl (C=O) groups excluding carboxylic acids is 9. The molecule has 19 N–H and O–H groups in total. The summed E-state index contributed by atoms with van der Waals surface area (Å²) in [5, 5.41) is 106. The highest BCUT2D eigenvalue weighted by atomic mass is 16.6. The van der Waals surface area contributed by atoms with Gasteiger partial charge in [0.25, 0.3) is 0 Å². The van der Waals surface area contributed by atoms with Crippen LogP contribution in [0.15, 0.2) is 0 Å². The van der Waals surface area contributed by atoms with Gasteiger partial charge in [0.05, 0.1) is 51.8 Å². The molecule has 0 aromatic carbocycles. The van der Waals surface area contributed by atoms with Crippen molar-refractivity contribution in [2.45, 2.75) is 244 Å². The van der Waals surface area contributed by atoms with E-state index >= 15 is 0 Å². The third kappa shape index (κ3) is 82.4. The topological polar surface area (TPSA) is 576 Å². The van der Waals surface area contributed by atoms with Crippen LogP contribution in [0.5, 0.6) is 0 Å². The number of methoxy groups -OCH3 is 1. The first-order valence-electron chi connectivity index (χ1n) is 40.9. The fourth-order valence-electron chi connectivity index (χ4n) is 9.98. The average molecular weight is 1820 g/mol. The van der Waals surface area contributed by atoms with E-state index in [4.69, 9.17) is 76.1 Å². The predicted octanol–water partition coefficient (Wildman–Crippen LogP) is 1.20. The summed E-state index contributed by atoms with van der Waals surface area (Å²) in [6, 6.07) is -2.81. The summed E-state index contributed by atoms with van der Waals surface area (Å²) >= 11 is 0. The van der Waals surface area contributed by atoms with Crippen LogP contribution in [0, 0.1) is 118 Å². The summed E-state index contributed by atoms with van der Waals surface area (Å²) in [6.45, 7) is 20.3. The van der Waals surface area contributed by atoms with Crippen molar-refractivity contribution < 1.29 is 170 Å². The summed E-state index contributed by atoms with van der Waals surface area (Å²) in [4.78, 5) is 109. The Morgan fingerprint density at radius 1 is 0.325 bits per heavy atom. The lowest BCUT2D eigenvalue weighted by molar-refractivity contribution is -0.157. The Balaban J connectivity index is -0.0000000619. The van der Waals surface area contributed by atoms with Gasteiger partial charge >= 0.3 is 53.7 Å². The molecule has 746 valence electrons. The minimum Gasteiger partial charge on any atom is -0.468 e. The van der Waals surface area contributed by atoms with E-state index in [1.807, 2.05) is 0 Å². The highest BCUT2D eigenvalue weighted by Crippen LogP contribution is 2.15. The monoisotopic (exact) mass is 1820 g/mol. The van der Waals surface area contributed by atoms with E-state index in [0.29, 0.717) is 110 Å². The van der Waals surface area contributed by atoms with Gasteiger partial charge in [-0.3, -0.25) is 58.0 Å². The molecule has 0 spiro atoms. The lowest BCUT2D eigenvalue weighted by atomic mass is 10.1. The van der Waals surface area contributed by atoms with Gasteiger partial charge in [0.2, 0.25) is 0 Å². The number of nitrogens with two attached hydrogens (primary N) is 4. The van der Waals surface area contributed by atoms with Gasteiger partial charge in [0.1, 0.15) is 98.9 Å². The molecular formula is C89H176N8O29. The molecule has 0 aliphatic rings. The SMILES string of the molecule is CC#CC#CC#CC#CC#CC#CC#CC#CC#CC#CC(=O)OCC(O)CN(CCCCC(N)C(=O)OC(C)(C)C)CC(O)COC(C)=O.CC(=O)OCC(O)CN(CCCCC(N)C(=O)OC(C)(C)C)CC(O)CO.CCOC(=O)C(N)CCCCN(CC(O)CO)CC(O)COC(C)=O.COC(=O)C(N)CCCCN(CC(O)CO)CC(O)COC(C)=O.[HH].[HH].[HH].[HH].[HH].[HH].[HH].[HH].[HH].[HH].[HH].[HH].[HH].[HH].[HH].[HH].[HH].[HH].[HH].[HH]. The van der Waals surface area contributed by atoms with Gasteiger partial charge < -0.3 is 122 Å². The smallest absolute Gasteiger partial charge is 0.385 e. The molecule has 0 aliphatic carbocycles. The van der Waals surface area contributed by atoms with Crippen LogP contribution < -0.4 is 22.9 Å². The van der Waals surface area contributed by atoms with Gasteiger partial charge in [-0.05, 0) is 228 Å². The third-order valence-electron chi connectivity index (χ3n) is 15.5. The molecule has 0 fully saturated rings. The number of hydrogen-bond acceptors (Lipinski definition) is 37. The molecular weight excluding hydrogens is 1650 g/mol. The van der Waals surface area contributed by atoms with E-state index in [0.717, 1.165) is 0 Å². The highest BCUT2D eigenvalue weighted by Gasteiger charge is 2.27. The quantitative estimate of drug-likeness (QED) is 0.0134. The fraction of sp³-hybridized carbons (Fsp3) is 0.674. The Kier molecular flexibility index (Phi) is 75.2. The first-order valence-corrected chi connectivity index (χ1v) is 40.9. The highest BCUT2D eigenvalue weighted by molar-refractivity contribution is 5.89. The minimum absolute atomic E-state index is 0. The first-order chi connectivity index (χ1) is 59.4. The number of hydrogen-bond donors (Lipinski definition) is 15. The van der Waals surface area contributed by atoms with Crippen molar-refractivity contribution in [3.8, 4) is 118 Å². The van der Waals surface area contributed by atoms with Crippen LogP contribution >= 0.6 is 0 Å². The van der Waals surface area contributed by atoms with Gasteiger partial charge in [-0.15, -0.1) is 0 Å². The summed E-state index contributed by atoms with van der Waals surface area (Å²) < 4.78 is 44.0. The van der Waals surface area contributed by atoms with Crippen LogP contribution in [-0.2, 0) is 85.8 Å². The zero-order valence-corrected chi connectivity index (χ0v) is 75.1. The normalized spacial score (nSPS) is 13.2. The van der Waals surface area contributed by atoms with Crippen LogP contribution in [0.3, 0.4) is 0 Å². The van der Waals surface area contributed by atoms with E-state index in [-0.39, 0.29) is 134 Å². The fourth-order valence-corrected chi connectivity index (χ4v) is 9.98. The molecule has 0 aromatic heterocycles. The summed E-state index contributed by atoms with van der Waals surface area (Å²) in [7, 11) is 1.28. The van der Waals surface area contributed by atoms with E-state index in [1.165, 1.54) is 34.8 Å². The van der Waals surface area contributed by atoms with Crippen LogP contribution in [0.4, 0.5) is 0 Å². The van der Waals surface area contributed by atoms with Gasteiger partial charge in [0, 0.05) is 126 Å². The molecule has 0 aliphatic heterocycles.